The summed E-state index contributed by atoms with van der Waals surface area (Å²) in [6.45, 7) is 0. The Morgan fingerprint density at radius 1 is 1.39 bits per heavy atom. The molecule has 0 unspecified atom stereocenters. The molecule has 2 aromatic heterocycles. The Bertz CT molecular complexity index is 538. The summed E-state index contributed by atoms with van der Waals surface area (Å²) in [5.74, 6) is 6.11. The van der Waals surface area contributed by atoms with Crippen molar-refractivity contribution in [3.63, 3.8) is 0 Å². The van der Waals surface area contributed by atoms with Crippen molar-refractivity contribution >= 4 is 34.8 Å². The number of thiophene rings is 1. The summed E-state index contributed by atoms with van der Waals surface area (Å²) in [6, 6.07) is 7.38. The Kier molecular flexibility index (Phi) is 4.19. The van der Waals surface area contributed by atoms with Gasteiger partial charge in [0.15, 0.2) is 0 Å². The van der Waals surface area contributed by atoms with Gasteiger partial charge in [-0.15, -0.1) is 23.1 Å². The molecule has 0 spiro atoms. The average molecular weight is 280 g/mol. The minimum atomic E-state index is -0.259. The molecular weight excluding hydrogens is 268 g/mol. The van der Waals surface area contributed by atoms with Gasteiger partial charge in [-0.2, -0.15) is 0 Å². The van der Waals surface area contributed by atoms with E-state index in [1.807, 2.05) is 12.1 Å². The van der Waals surface area contributed by atoms with Crippen molar-refractivity contribution in [2.75, 3.05) is 5.73 Å². The van der Waals surface area contributed by atoms with Crippen LogP contribution in [-0.2, 0) is 5.75 Å². The van der Waals surface area contributed by atoms with Crippen molar-refractivity contribution in [3.05, 3.63) is 40.2 Å². The molecule has 0 aliphatic carbocycles. The topological polar surface area (TPSA) is 94.0 Å². The van der Waals surface area contributed by atoms with Gasteiger partial charge in [-0.1, -0.05) is 0 Å². The number of hydrogen-bond acceptors (Lipinski definition) is 6. The van der Waals surface area contributed by atoms with Crippen LogP contribution in [0.2, 0.25) is 0 Å². The SMILES string of the molecule is NNC(=O)c1ccc(CSc2ccc(N)nc2)s1. The highest BCUT2D eigenvalue weighted by molar-refractivity contribution is 7.98. The molecule has 0 fully saturated rings. The maximum absolute atomic E-state index is 11.3. The number of nitrogens with two attached hydrogens (primary N) is 2. The van der Waals surface area contributed by atoms with Gasteiger partial charge in [0.1, 0.15) is 5.82 Å². The Labute approximate surface area is 113 Å². The van der Waals surface area contributed by atoms with Gasteiger partial charge in [0.2, 0.25) is 0 Å². The molecule has 0 saturated carbocycles. The largest absolute Gasteiger partial charge is 0.384 e. The van der Waals surface area contributed by atoms with E-state index in [2.05, 4.69) is 10.4 Å². The van der Waals surface area contributed by atoms with Crippen LogP contribution in [-0.4, -0.2) is 10.9 Å². The molecule has 18 heavy (non-hydrogen) atoms. The second-order valence-electron chi connectivity index (χ2n) is 3.45. The van der Waals surface area contributed by atoms with E-state index in [1.54, 1.807) is 30.1 Å². The number of carbonyl (C=O) groups excluding carboxylic acids is 1. The molecule has 0 atom stereocenters. The number of amides is 1. The van der Waals surface area contributed by atoms with Gasteiger partial charge in [-0.25, -0.2) is 10.8 Å². The lowest BCUT2D eigenvalue weighted by molar-refractivity contribution is 0.0957. The van der Waals surface area contributed by atoms with Gasteiger partial charge in [0.25, 0.3) is 5.91 Å². The first kappa shape index (κ1) is 12.9. The van der Waals surface area contributed by atoms with Crippen molar-refractivity contribution in [1.82, 2.24) is 10.4 Å². The summed E-state index contributed by atoms with van der Waals surface area (Å²) >= 11 is 3.07. The highest BCUT2D eigenvalue weighted by Crippen LogP contribution is 2.26. The summed E-state index contributed by atoms with van der Waals surface area (Å²) in [7, 11) is 0. The first-order chi connectivity index (χ1) is 8.69. The maximum Gasteiger partial charge on any atom is 0.275 e. The quantitative estimate of drug-likeness (QED) is 0.342. The second-order valence-corrected chi connectivity index (χ2v) is 5.66. The Balaban J connectivity index is 1.96. The van der Waals surface area contributed by atoms with Gasteiger partial charge in [0.05, 0.1) is 4.88 Å². The molecule has 0 aliphatic heterocycles. The molecule has 5 nitrogen and oxygen atoms in total. The number of pyridine rings is 1. The summed E-state index contributed by atoms with van der Waals surface area (Å²) in [5, 5.41) is 0. The molecule has 0 aromatic carbocycles. The number of nitrogen functional groups attached to an aromatic ring is 2. The predicted molar refractivity (Wildman–Crippen MR) is 74.2 cm³/mol. The van der Waals surface area contributed by atoms with Crippen molar-refractivity contribution < 1.29 is 4.79 Å². The number of nitrogens with zero attached hydrogens (tertiary/aromatic N) is 1. The van der Waals surface area contributed by atoms with Crippen molar-refractivity contribution in [3.8, 4) is 0 Å². The van der Waals surface area contributed by atoms with E-state index in [9.17, 15) is 4.79 Å². The monoisotopic (exact) mass is 280 g/mol. The zero-order valence-electron chi connectivity index (χ0n) is 9.42. The molecular formula is C11H12N4OS2. The van der Waals surface area contributed by atoms with E-state index in [4.69, 9.17) is 11.6 Å². The number of nitrogens with one attached hydrogen (secondary N) is 1. The number of thioether (sulfide) groups is 1. The number of rotatable bonds is 4. The first-order valence-electron chi connectivity index (χ1n) is 5.13. The van der Waals surface area contributed by atoms with E-state index in [-0.39, 0.29) is 5.91 Å². The Morgan fingerprint density at radius 3 is 2.89 bits per heavy atom. The Morgan fingerprint density at radius 2 is 2.22 bits per heavy atom. The summed E-state index contributed by atoms with van der Waals surface area (Å²) in [4.78, 5) is 18.1. The lowest BCUT2D eigenvalue weighted by Gasteiger charge is -1.99. The highest BCUT2D eigenvalue weighted by atomic mass is 32.2. The number of anilines is 1. The molecule has 0 saturated heterocycles. The minimum Gasteiger partial charge on any atom is -0.384 e. The highest BCUT2D eigenvalue weighted by Gasteiger charge is 2.07. The van der Waals surface area contributed by atoms with Crippen LogP contribution in [0.4, 0.5) is 5.82 Å². The zero-order chi connectivity index (χ0) is 13.0. The third kappa shape index (κ3) is 3.22. The van der Waals surface area contributed by atoms with Gasteiger partial charge in [-0.05, 0) is 24.3 Å². The van der Waals surface area contributed by atoms with Crippen LogP contribution in [0.25, 0.3) is 0 Å². The zero-order valence-corrected chi connectivity index (χ0v) is 11.1. The van der Waals surface area contributed by atoms with Crippen LogP contribution in [0.15, 0.2) is 35.4 Å². The molecule has 2 heterocycles. The van der Waals surface area contributed by atoms with Crippen LogP contribution in [0.5, 0.6) is 0 Å². The number of carbonyl (C=O) groups is 1. The molecule has 0 radical (unpaired) electrons. The van der Waals surface area contributed by atoms with Crippen molar-refractivity contribution in [2.45, 2.75) is 10.6 Å². The standard InChI is InChI=1S/C11H12N4OS2/c12-10-4-2-7(5-14-10)17-6-8-1-3-9(18-8)11(16)15-13/h1-5H,6,13H2,(H2,12,14)(H,15,16). The van der Waals surface area contributed by atoms with Gasteiger partial charge in [-0.3, -0.25) is 10.2 Å². The van der Waals surface area contributed by atoms with Gasteiger partial charge >= 0.3 is 0 Å². The van der Waals surface area contributed by atoms with E-state index in [1.165, 1.54) is 11.3 Å². The maximum atomic E-state index is 11.3. The second kappa shape index (κ2) is 5.85. The fraction of sp³-hybridized carbons (Fsp3) is 0.0909. The molecule has 1 amide bonds. The van der Waals surface area contributed by atoms with Crippen LogP contribution in [0, 0.1) is 0 Å². The summed E-state index contributed by atoms with van der Waals surface area (Å²) < 4.78 is 0. The third-order valence-corrected chi connectivity index (χ3v) is 4.45. The van der Waals surface area contributed by atoms with Crippen molar-refractivity contribution in [1.29, 1.82) is 0 Å². The summed E-state index contributed by atoms with van der Waals surface area (Å²) in [5.41, 5.74) is 7.63. The van der Waals surface area contributed by atoms with Crippen LogP contribution < -0.4 is 17.0 Å². The number of hydrogen-bond donors (Lipinski definition) is 3. The van der Waals surface area contributed by atoms with Crippen molar-refractivity contribution in [2.24, 2.45) is 5.84 Å². The molecule has 2 rings (SSSR count). The van der Waals surface area contributed by atoms with E-state index in [0.717, 1.165) is 15.5 Å². The molecule has 7 heteroatoms. The van der Waals surface area contributed by atoms with E-state index in [0.29, 0.717) is 10.7 Å². The summed E-state index contributed by atoms with van der Waals surface area (Å²) in [6.07, 6.45) is 1.74. The average Bonchev–Trinajstić information content (AvgIpc) is 2.86. The van der Waals surface area contributed by atoms with E-state index >= 15 is 0 Å². The van der Waals surface area contributed by atoms with E-state index < -0.39 is 0 Å². The molecule has 2 aromatic rings. The van der Waals surface area contributed by atoms with Crippen LogP contribution >= 0.6 is 23.1 Å². The molecule has 94 valence electrons. The fourth-order valence-electron chi connectivity index (χ4n) is 1.28. The molecule has 0 aliphatic rings. The predicted octanol–water partition coefficient (Wildman–Crippen LogP) is 1.62. The molecule has 5 N–H and O–H groups in total. The fourth-order valence-corrected chi connectivity index (χ4v) is 3.10. The van der Waals surface area contributed by atoms with Gasteiger partial charge in [0, 0.05) is 21.7 Å². The third-order valence-electron chi connectivity index (χ3n) is 2.16. The first-order valence-corrected chi connectivity index (χ1v) is 6.93. The smallest absolute Gasteiger partial charge is 0.275 e. The minimum absolute atomic E-state index is 0.259. The lowest BCUT2D eigenvalue weighted by Crippen LogP contribution is -2.29. The Hall–Kier alpha value is -1.57. The molecule has 0 bridgehead atoms. The van der Waals surface area contributed by atoms with Gasteiger partial charge < -0.3 is 5.73 Å². The normalized spacial score (nSPS) is 10.3. The van der Waals surface area contributed by atoms with Crippen LogP contribution in [0.3, 0.4) is 0 Å². The lowest BCUT2D eigenvalue weighted by atomic mass is 10.4. The number of hydrazine groups is 1. The number of aromatic nitrogens is 1. The van der Waals surface area contributed by atoms with Crippen LogP contribution in [0.1, 0.15) is 14.5 Å².